The Kier molecular flexibility index (Phi) is 4.76. The predicted molar refractivity (Wildman–Crippen MR) is 84.5 cm³/mol. The maximum atomic E-state index is 12.6. The van der Waals surface area contributed by atoms with E-state index in [0.29, 0.717) is 12.0 Å². The monoisotopic (exact) mass is 350 g/mol. The van der Waals surface area contributed by atoms with Crippen LogP contribution in [0.2, 0.25) is 0 Å². The Labute approximate surface area is 142 Å². The van der Waals surface area contributed by atoms with Gasteiger partial charge in [-0.15, -0.1) is 0 Å². The van der Waals surface area contributed by atoms with Gasteiger partial charge in [0.05, 0.1) is 18.2 Å². The lowest BCUT2D eigenvalue weighted by atomic mass is 10.0. The number of alkyl halides is 3. The molecule has 0 saturated heterocycles. The van der Waals surface area contributed by atoms with Crippen LogP contribution in [0, 0.1) is 5.92 Å². The van der Waals surface area contributed by atoms with Crippen LogP contribution in [0.5, 0.6) is 0 Å². The number of pyridine rings is 1. The molecule has 25 heavy (non-hydrogen) atoms. The number of nitrogens with one attached hydrogen (secondary N) is 1. The molecule has 1 aliphatic rings. The Bertz CT molecular complexity index is 732. The number of nitrogens with zero attached hydrogens (tertiary/aromatic N) is 1. The fourth-order valence-electron chi connectivity index (χ4n) is 2.82. The van der Waals surface area contributed by atoms with Crippen LogP contribution in [0.3, 0.4) is 0 Å². The average molecular weight is 350 g/mol. The van der Waals surface area contributed by atoms with E-state index in [9.17, 15) is 23.1 Å². The predicted octanol–water partition coefficient (Wildman–Crippen LogP) is 3.05. The molecule has 2 aromatic rings. The first-order valence-corrected chi connectivity index (χ1v) is 7.89. The van der Waals surface area contributed by atoms with Gasteiger partial charge in [-0.05, 0) is 36.2 Å². The van der Waals surface area contributed by atoms with Crippen molar-refractivity contribution in [3.05, 3.63) is 65.5 Å². The maximum absolute atomic E-state index is 12.6. The number of benzene rings is 1. The zero-order chi connectivity index (χ0) is 18.0. The van der Waals surface area contributed by atoms with Crippen LogP contribution in [-0.4, -0.2) is 22.6 Å². The molecule has 3 rings (SSSR count). The van der Waals surface area contributed by atoms with Crippen LogP contribution in [0.4, 0.5) is 13.2 Å². The second-order valence-corrected chi connectivity index (χ2v) is 6.07. The van der Waals surface area contributed by atoms with E-state index >= 15 is 0 Å². The molecule has 3 atom stereocenters. The number of aliphatic hydroxyl groups excluding tert-OH is 1. The van der Waals surface area contributed by atoms with Gasteiger partial charge in [0.1, 0.15) is 0 Å². The molecule has 0 radical (unpaired) electrons. The van der Waals surface area contributed by atoms with E-state index in [4.69, 9.17) is 0 Å². The third-order valence-corrected chi connectivity index (χ3v) is 4.33. The van der Waals surface area contributed by atoms with E-state index in [1.807, 2.05) is 12.1 Å². The van der Waals surface area contributed by atoms with Crippen LogP contribution < -0.4 is 5.32 Å². The molecule has 0 spiro atoms. The molecule has 1 aromatic carbocycles. The van der Waals surface area contributed by atoms with Crippen molar-refractivity contribution in [1.29, 1.82) is 0 Å². The van der Waals surface area contributed by atoms with E-state index in [1.165, 1.54) is 12.1 Å². The molecule has 2 N–H and O–H groups in total. The first-order valence-electron chi connectivity index (χ1n) is 7.89. The highest BCUT2D eigenvalue weighted by Gasteiger charge is 2.45. The van der Waals surface area contributed by atoms with Crippen molar-refractivity contribution in [1.82, 2.24) is 10.3 Å². The van der Waals surface area contributed by atoms with Gasteiger partial charge in [-0.2, -0.15) is 13.2 Å². The second kappa shape index (κ2) is 6.84. The number of aromatic nitrogens is 1. The van der Waals surface area contributed by atoms with Crippen LogP contribution >= 0.6 is 0 Å². The molecule has 7 heteroatoms. The van der Waals surface area contributed by atoms with E-state index in [1.54, 1.807) is 12.3 Å². The SMILES string of the molecule is O=C(NC(CO)c1ccc(C(F)(F)F)cc1)[C@@H]1C[C@H]1c1ccccn1. The highest BCUT2D eigenvalue weighted by Crippen LogP contribution is 2.46. The number of aliphatic hydroxyl groups is 1. The first-order chi connectivity index (χ1) is 11.9. The summed E-state index contributed by atoms with van der Waals surface area (Å²) in [4.78, 5) is 16.6. The molecule has 1 heterocycles. The van der Waals surface area contributed by atoms with Gasteiger partial charge < -0.3 is 10.4 Å². The lowest BCUT2D eigenvalue weighted by molar-refractivity contribution is -0.137. The zero-order valence-corrected chi connectivity index (χ0v) is 13.2. The molecular weight excluding hydrogens is 333 g/mol. The van der Waals surface area contributed by atoms with Crippen molar-refractivity contribution in [2.24, 2.45) is 5.92 Å². The lowest BCUT2D eigenvalue weighted by Crippen LogP contribution is -2.32. The summed E-state index contributed by atoms with van der Waals surface area (Å²) in [7, 11) is 0. The number of rotatable bonds is 5. The van der Waals surface area contributed by atoms with Crippen molar-refractivity contribution in [3.8, 4) is 0 Å². The minimum Gasteiger partial charge on any atom is -0.394 e. The van der Waals surface area contributed by atoms with Crippen molar-refractivity contribution in [2.45, 2.75) is 24.6 Å². The minimum absolute atomic E-state index is 0.0492. The smallest absolute Gasteiger partial charge is 0.394 e. The summed E-state index contributed by atoms with van der Waals surface area (Å²) in [6.07, 6.45) is -2.07. The standard InChI is InChI=1S/C18H17F3N2O2/c19-18(20,21)12-6-4-11(5-7-12)16(10-24)23-17(25)14-9-13(14)15-3-1-2-8-22-15/h1-8,13-14,16,24H,9-10H2,(H,23,25)/t13-,14-,16?/m1/s1. The molecule has 1 saturated carbocycles. The number of hydrogen-bond donors (Lipinski definition) is 2. The van der Waals surface area contributed by atoms with Gasteiger partial charge in [-0.1, -0.05) is 18.2 Å². The van der Waals surface area contributed by atoms with Gasteiger partial charge in [0, 0.05) is 23.7 Å². The Balaban J connectivity index is 1.64. The summed E-state index contributed by atoms with van der Waals surface area (Å²) >= 11 is 0. The Morgan fingerprint density at radius 1 is 1.24 bits per heavy atom. The Hall–Kier alpha value is -2.41. The average Bonchev–Trinajstić information content (AvgIpc) is 3.40. The van der Waals surface area contributed by atoms with E-state index in [0.717, 1.165) is 17.8 Å². The van der Waals surface area contributed by atoms with Crippen molar-refractivity contribution in [3.63, 3.8) is 0 Å². The molecule has 1 amide bonds. The van der Waals surface area contributed by atoms with Gasteiger partial charge in [-0.25, -0.2) is 0 Å². The number of amides is 1. The zero-order valence-electron chi connectivity index (χ0n) is 13.2. The third-order valence-electron chi connectivity index (χ3n) is 4.33. The molecule has 1 fully saturated rings. The molecule has 4 nitrogen and oxygen atoms in total. The summed E-state index contributed by atoms with van der Waals surface area (Å²) in [5.41, 5.74) is 0.508. The summed E-state index contributed by atoms with van der Waals surface area (Å²) in [5, 5.41) is 12.2. The topological polar surface area (TPSA) is 62.2 Å². The Morgan fingerprint density at radius 3 is 2.52 bits per heavy atom. The number of halogens is 3. The van der Waals surface area contributed by atoms with Gasteiger partial charge in [0.2, 0.25) is 5.91 Å². The summed E-state index contributed by atoms with van der Waals surface area (Å²) in [6.45, 7) is -0.391. The quantitative estimate of drug-likeness (QED) is 0.871. The molecule has 0 bridgehead atoms. The van der Waals surface area contributed by atoms with Crippen molar-refractivity contribution >= 4 is 5.91 Å². The van der Waals surface area contributed by atoms with Gasteiger partial charge in [0.15, 0.2) is 0 Å². The largest absolute Gasteiger partial charge is 0.416 e. The second-order valence-electron chi connectivity index (χ2n) is 6.07. The number of carbonyl (C=O) groups is 1. The summed E-state index contributed by atoms with van der Waals surface area (Å²) < 4.78 is 37.8. The first kappa shape index (κ1) is 17.4. The number of carbonyl (C=O) groups excluding carboxylic acids is 1. The highest BCUT2D eigenvalue weighted by molar-refractivity contribution is 5.83. The molecule has 1 aromatic heterocycles. The van der Waals surface area contributed by atoms with Crippen LogP contribution in [-0.2, 0) is 11.0 Å². The molecule has 1 unspecified atom stereocenters. The highest BCUT2D eigenvalue weighted by atomic mass is 19.4. The third kappa shape index (κ3) is 3.99. The summed E-state index contributed by atoms with van der Waals surface area (Å²) in [5.74, 6) is -0.402. The summed E-state index contributed by atoms with van der Waals surface area (Å²) in [6, 6.07) is 9.20. The van der Waals surface area contributed by atoms with Crippen molar-refractivity contribution in [2.75, 3.05) is 6.61 Å². The lowest BCUT2D eigenvalue weighted by Gasteiger charge is -2.17. The maximum Gasteiger partial charge on any atom is 0.416 e. The van der Waals surface area contributed by atoms with Crippen molar-refractivity contribution < 1.29 is 23.1 Å². The molecule has 0 aliphatic heterocycles. The normalized spacial score (nSPS) is 20.8. The van der Waals surface area contributed by atoms with Gasteiger partial charge in [-0.3, -0.25) is 9.78 Å². The van der Waals surface area contributed by atoms with E-state index in [-0.39, 0.29) is 17.7 Å². The minimum atomic E-state index is -4.42. The van der Waals surface area contributed by atoms with E-state index in [2.05, 4.69) is 10.3 Å². The van der Waals surface area contributed by atoms with E-state index < -0.39 is 24.4 Å². The fraction of sp³-hybridized carbons (Fsp3) is 0.333. The van der Waals surface area contributed by atoms with Crippen LogP contribution in [0.15, 0.2) is 48.7 Å². The molecule has 132 valence electrons. The van der Waals surface area contributed by atoms with Gasteiger partial charge in [0.25, 0.3) is 0 Å². The molecular formula is C18H17F3N2O2. The Morgan fingerprint density at radius 2 is 1.96 bits per heavy atom. The van der Waals surface area contributed by atoms with Crippen LogP contribution in [0.25, 0.3) is 0 Å². The molecule has 1 aliphatic carbocycles. The van der Waals surface area contributed by atoms with Crippen LogP contribution in [0.1, 0.15) is 35.2 Å². The number of hydrogen-bond acceptors (Lipinski definition) is 3. The van der Waals surface area contributed by atoms with Gasteiger partial charge >= 0.3 is 6.18 Å². The fourth-order valence-corrected chi connectivity index (χ4v) is 2.82.